The molecule has 0 radical (unpaired) electrons. The topological polar surface area (TPSA) is 41.5 Å². The Hall–Kier alpha value is -2.56. The molecule has 5 nitrogen and oxygen atoms in total. The van der Waals surface area contributed by atoms with Crippen molar-refractivity contribution in [3.05, 3.63) is 35.7 Å². The maximum absolute atomic E-state index is 6.33. The van der Waals surface area contributed by atoms with Gasteiger partial charge < -0.3 is 14.1 Å². The number of benzene rings is 2. The second-order valence-electron chi connectivity index (χ2n) is 7.78. The molecule has 2 aliphatic heterocycles. The first-order valence-corrected chi connectivity index (χ1v) is 11.1. The number of fused-ring (bicyclic) bond motifs is 3. The fraction of sp³-hybridized carbons (Fsp3) is 0.500. The predicted molar refractivity (Wildman–Crippen MR) is 119 cm³/mol. The first-order chi connectivity index (χ1) is 14.2. The Kier molecular flexibility index (Phi) is 6.02. The summed E-state index contributed by atoms with van der Waals surface area (Å²) in [6.45, 7) is 11.4. The second-order valence-corrected chi connectivity index (χ2v) is 7.78. The van der Waals surface area contributed by atoms with Crippen LogP contribution in [0.3, 0.4) is 0 Å². The van der Waals surface area contributed by atoms with Crippen LogP contribution < -0.4 is 19.6 Å². The van der Waals surface area contributed by atoms with E-state index in [4.69, 9.17) is 14.1 Å². The molecule has 0 amide bonds. The average Bonchev–Trinajstić information content (AvgIpc) is 2.75. The highest BCUT2D eigenvalue weighted by molar-refractivity contribution is 5.84. The van der Waals surface area contributed by atoms with E-state index in [9.17, 15) is 0 Å². The minimum atomic E-state index is 0.714. The third-order valence-electron chi connectivity index (χ3n) is 5.71. The van der Waals surface area contributed by atoms with Gasteiger partial charge in [-0.2, -0.15) is 0 Å². The summed E-state index contributed by atoms with van der Waals surface area (Å²) in [5, 5.41) is 1.22. The van der Waals surface area contributed by atoms with Crippen molar-refractivity contribution in [1.29, 1.82) is 0 Å². The summed E-state index contributed by atoms with van der Waals surface area (Å²) in [4.78, 5) is 7.18. The lowest BCUT2D eigenvalue weighted by Gasteiger charge is -2.30. The van der Waals surface area contributed by atoms with E-state index in [1.165, 1.54) is 31.0 Å². The molecule has 0 bridgehead atoms. The molecule has 2 heterocycles. The van der Waals surface area contributed by atoms with Crippen LogP contribution in [0.25, 0.3) is 22.6 Å². The molecular formula is C24H32N3O2+. The number of nitrogens with zero attached hydrogens (tertiary/aromatic N) is 3. The number of ether oxygens (including phenoxy) is 1. The SMILES string of the molecule is CCCC[N+](CCCC)=c1ccc2nc3cc4c(cc3oc-2c1)N(CC)CCO4. The van der Waals surface area contributed by atoms with Gasteiger partial charge in [0.05, 0.1) is 18.3 Å². The first-order valence-electron chi connectivity index (χ1n) is 11.1. The summed E-state index contributed by atoms with van der Waals surface area (Å²) in [7, 11) is 0. The van der Waals surface area contributed by atoms with Gasteiger partial charge in [0, 0.05) is 37.6 Å². The molecule has 1 aromatic rings. The van der Waals surface area contributed by atoms with Crippen LogP contribution in [-0.2, 0) is 0 Å². The van der Waals surface area contributed by atoms with Gasteiger partial charge in [-0.05, 0) is 13.0 Å². The van der Waals surface area contributed by atoms with Crippen molar-refractivity contribution in [3.63, 3.8) is 0 Å². The largest absolute Gasteiger partial charge is 0.489 e. The molecule has 1 aliphatic carbocycles. The summed E-state index contributed by atoms with van der Waals surface area (Å²) >= 11 is 0. The van der Waals surface area contributed by atoms with Gasteiger partial charge in [-0.1, -0.05) is 26.7 Å². The van der Waals surface area contributed by atoms with Gasteiger partial charge in [0.15, 0.2) is 11.3 Å². The highest BCUT2D eigenvalue weighted by Crippen LogP contribution is 2.36. The van der Waals surface area contributed by atoms with Crippen LogP contribution in [0, 0.1) is 0 Å². The monoisotopic (exact) mass is 394 g/mol. The number of rotatable bonds is 7. The molecule has 0 spiro atoms. The highest BCUT2D eigenvalue weighted by atomic mass is 16.5. The van der Waals surface area contributed by atoms with Crippen LogP contribution in [0.4, 0.5) is 5.69 Å². The first kappa shape index (κ1) is 19.7. The zero-order valence-electron chi connectivity index (χ0n) is 17.9. The number of anilines is 1. The van der Waals surface area contributed by atoms with E-state index < -0.39 is 0 Å². The fourth-order valence-electron chi connectivity index (χ4n) is 3.97. The molecule has 3 aliphatic rings. The Balaban J connectivity index is 1.82. The van der Waals surface area contributed by atoms with Crippen LogP contribution in [0.15, 0.2) is 34.7 Å². The van der Waals surface area contributed by atoms with Gasteiger partial charge in [0.1, 0.15) is 36.7 Å². The lowest BCUT2D eigenvalue weighted by atomic mass is 10.1. The predicted octanol–water partition coefficient (Wildman–Crippen LogP) is 4.52. The van der Waals surface area contributed by atoms with Gasteiger partial charge in [-0.15, -0.1) is 0 Å². The standard InChI is InChI=1S/C24H32N3O2/c1-4-7-11-27(12-8-5-2)18-9-10-19-22(15-18)29-23-17-21-24(16-20(23)25-19)28-14-13-26(21)6-3/h9-10,15-17H,4-8,11-14H2,1-3H3/q+1. The molecule has 1 aromatic carbocycles. The van der Waals surface area contributed by atoms with Crippen molar-refractivity contribution in [2.24, 2.45) is 0 Å². The maximum Gasteiger partial charge on any atom is 0.203 e. The third-order valence-corrected chi connectivity index (χ3v) is 5.71. The van der Waals surface area contributed by atoms with Crippen LogP contribution >= 0.6 is 0 Å². The Bertz CT molecular complexity index is 1010. The van der Waals surface area contributed by atoms with Gasteiger partial charge >= 0.3 is 0 Å². The normalized spacial score (nSPS) is 13.6. The fourth-order valence-corrected chi connectivity index (χ4v) is 3.97. The van der Waals surface area contributed by atoms with Crippen molar-refractivity contribution >= 4 is 16.8 Å². The van der Waals surface area contributed by atoms with E-state index in [2.05, 4.69) is 54.5 Å². The van der Waals surface area contributed by atoms with Crippen molar-refractivity contribution < 1.29 is 9.15 Å². The Morgan fingerprint density at radius 2 is 1.83 bits per heavy atom. The van der Waals surface area contributed by atoms with Crippen LogP contribution in [-0.4, -0.2) is 37.8 Å². The molecule has 0 atom stereocenters. The summed E-state index contributed by atoms with van der Waals surface area (Å²) in [5.41, 5.74) is 3.64. The van der Waals surface area contributed by atoms with Crippen molar-refractivity contribution in [2.75, 3.05) is 37.7 Å². The molecule has 154 valence electrons. The Morgan fingerprint density at radius 1 is 1.03 bits per heavy atom. The van der Waals surface area contributed by atoms with E-state index in [-0.39, 0.29) is 0 Å². The van der Waals surface area contributed by atoms with Crippen LogP contribution in [0.2, 0.25) is 0 Å². The summed E-state index contributed by atoms with van der Waals surface area (Å²) < 4.78 is 14.7. The van der Waals surface area contributed by atoms with E-state index in [0.717, 1.165) is 60.2 Å². The Labute approximate surface area is 173 Å². The Morgan fingerprint density at radius 3 is 2.55 bits per heavy atom. The number of aromatic nitrogens is 1. The molecule has 0 saturated carbocycles. The molecule has 0 unspecified atom stereocenters. The molecule has 29 heavy (non-hydrogen) atoms. The number of unbranched alkanes of at least 4 members (excludes halogenated alkanes) is 2. The molecule has 0 fully saturated rings. The third kappa shape index (κ3) is 4.09. The molecule has 0 N–H and O–H groups in total. The lowest BCUT2D eigenvalue weighted by Crippen LogP contribution is -2.32. The number of hydrogen-bond acceptors (Lipinski definition) is 4. The van der Waals surface area contributed by atoms with Gasteiger partial charge in [-0.3, -0.25) is 0 Å². The summed E-state index contributed by atoms with van der Waals surface area (Å²) in [5.74, 6) is 1.74. The molecule has 4 rings (SSSR count). The molecular weight excluding hydrogens is 362 g/mol. The highest BCUT2D eigenvalue weighted by Gasteiger charge is 2.20. The number of likely N-dealkylation sites (N-methyl/N-ethyl adjacent to an activating group) is 1. The van der Waals surface area contributed by atoms with Crippen molar-refractivity contribution in [1.82, 2.24) is 9.56 Å². The van der Waals surface area contributed by atoms with Crippen LogP contribution in [0.5, 0.6) is 5.75 Å². The molecule has 5 heteroatoms. The van der Waals surface area contributed by atoms with Crippen LogP contribution in [0.1, 0.15) is 46.5 Å². The molecule has 0 aromatic heterocycles. The number of hydrogen-bond donors (Lipinski definition) is 0. The van der Waals surface area contributed by atoms with Crippen molar-refractivity contribution in [2.45, 2.75) is 46.5 Å². The minimum Gasteiger partial charge on any atom is -0.489 e. The quantitative estimate of drug-likeness (QED) is 0.436. The summed E-state index contributed by atoms with van der Waals surface area (Å²) in [6.07, 6.45) is 4.81. The zero-order chi connectivity index (χ0) is 20.2. The van der Waals surface area contributed by atoms with E-state index >= 15 is 0 Å². The summed E-state index contributed by atoms with van der Waals surface area (Å²) in [6, 6.07) is 10.5. The smallest absolute Gasteiger partial charge is 0.203 e. The van der Waals surface area contributed by atoms with Crippen molar-refractivity contribution in [3.8, 4) is 17.2 Å². The van der Waals surface area contributed by atoms with E-state index in [0.29, 0.717) is 6.61 Å². The van der Waals surface area contributed by atoms with E-state index in [1.807, 2.05) is 6.07 Å². The zero-order valence-corrected chi connectivity index (χ0v) is 17.9. The minimum absolute atomic E-state index is 0.714. The van der Waals surface area contributed by atoms with Gasteiger partial charge in [-0.25, -0.2) is 9.56 Å². The van der Waals surface area contributed by atoms with Gasteiger partial charge in [0.25, 0.3) is 0 Å². The van der Waals surface area contributed by atoms with E-state index in [1.54, 1.807) is 0 Å². The second kappa shape index (κ2) is 8.85. The average molecular weight is 395 g/mol. The van der Waals surface area contributed by atoms with Gasteiger partial charge in [0.2, 0.25) is 5.36 Å². The lowest BCUT2D eigenvalue weighted by molar-refractivity contribution is 0.308. The maximum atomic E-state index is 6.33. The molecule has 0 saturated heterocycles.